The Morgan fingerprint density at radius 1 is 1.09 bits per heavy atom. The first-order valence-corrected chi connectivity index (χ1v) is 9.81. The number of thiophene rings is 2. The molecular weight excluding hydrogens is 324 g/mol. The minimum absolute atomic E-state index is 0.168. The van der Waals surface area contributed by atoms with Crippen molar-refractivity contribution in [3.8, 4) is 0 Å². The van der Waals surface area contributed by atoms with E-state index in [2.05, 4.69) is 43.0 Å². The number of aryl methyl sites for hydroxylation is 2. The van der Waals surface area contributed by atoms with E-state index in [-0.39, 0.29) is 5.41 Å². The van der Waals surface area contributed by atoms with Crippen LogP contribution in [0, 0.1) is 19.3 Å². The standard InChI is InChI=1S/C18H22N2OS2/c1-13-3-5-15(22-13)10-19-8-7-18(11-19)9-16(21)20(12-18)17-6-4-14(2)23-17/h3-6H,7-12H2,1-2H3/t18-/m1/s1. The lowest BCUT2D eigenvalue weighted by Gasteiger charge is -2.23. The molecule has 3 nitrogen and oxygen atoms in total. The number of nitrogens with zero attached hydrogens (tertiary/aromatic N) is 2. The number of anilines is 1. The van der Waals surface area contributed by atoms with Gasteiger partial charge < -0.3 is 4.90 Å². The van der Waals surface area contributed by atoms with Crippen molar-refractivity contribution >= 4 is 33.6 Å². The predicted octanol–water partition coefficient (Wildman–Crippen LogP) is 4.06. The molecule has 0 saturated carbocycles. The Morgan fingerprint density at radius 2 is 1.87 bits per heavy atom. The van der Waals surface area contributed by atoms with Crippen molar-refractivity contribution in [3.05, 3.63) is 38.9 Å². The summed E-state index contributed by atoms with van der Waals surface area (Å²) >= 11 is 3.62. The van der Waals surface area contributed by atoms with Gasteiger partial charge in [0.15, 0.2) is 0 Å². The molecule has 2 aromatic rings. The van der Waals surface area contributed by atoms with Gasteiger partial charge in [-0.15, -0.1) is 22.7 Å². The van der Waals surface area contributed by atoms with Gasteiger partial charge in [0.05, 0.1) is 5.00 Å². The van der Waals surface area contributed by atoms with E-state index >= 15 is 0 Å². The number of carbonyl (C=O) groups is 1. The van der Waals surface area contributed by atoms with Crippen LogP contribution >= 0.6 is 22.7 Å². The van der Waals surface area contributed by atoms with Gasteiger partial charge in [0, 0.05) is 46.1 Å². The second-order valence-corrected chi connectivity index (χ2v) is 9.65. The van der Waals surface area contributed by atoms with Crippen LogP contribution in [0.1, 0.15) is 27.5 Å². The molecule has 1 amide bonds. The molecule has 0 aliphatic carbocycles. The summed E-state index contributed by atoms with van der Waals surface area (Å²) in [5.41, 5.74) is 0.168. The van der Waals surface area contributed by atoms with Crippen LogP contribution in [0.5, 0.6) is 0 Å². The minimum atomic E-state index is 0.168. The topological polar surface area (TPSA) is 23.6 Å². The number of hydrogen-bond acceptors (Lipinski definition) is 4. The van der Waals surface area contributed by atoms with Gasteiger partial charge >= 0.3 is 0 Å². The normalized spacial score (nSPS) is 25.1. The van der Waals surface area contributed by atoms with Crippen molar-refractivity contribution < 1.29 is 4.79 Å². The predicted molar refractivity (Wildman–Crippen MR) is 97.4 cm³/mol. The van der Waals surface area contributed by atoms with E-state index in [0.717, 1.165) is 37.6 Å². The van der Waals surface area contributed by atoms with Crippen molar-refractivity contribution in [1.29, 1.82) is 0 Å². The number of hydrogen-bond donors (Lipinski definition) is 0. The van der Waals surface area contributed by atoms with Gasteiger partial charge in [-0.3, -0.25) is 9.69 Å². The first-order chi connectivity index (χ1) is 11.0. The Hall–Kier alpha value is -1.17. The summed E-state index contributed by atoms with van der Waals surface area (Å²) in [5, 5.41) is 1.12. The number of amides is 1. The fourth-order valence-corrected chi connectivity index (χ4v) is 5.70. The second-order valence-electron chi connectivity index (χ2n) is 7.01. The van der Waals surface area contributed by atoms with Gasteiger partial charge in [-0.25, -0.2) is 0 Å². The molecule has 4 heterocycles. The average molecular weight is 347 g/mol. The summed E-state index contributed by atoms with van der Waals surface area (Å²) in [7, 11) is 0. The quantitative estimate of drug-likeness (QED) is 0.837. The molecule has 2 aromatic heterocycles. The Labute approximate surface area is 145 Å². The van der Waals surface area contributed by atoms with Gasteiger partial charge in [0.1, 0.15) is 0 Å². The third kappa shape index (κ3) is 2.97. The van der Waals surface area contributed by atoms with Crippen LogP contribution in [-0.4, -0.2) is 30.4 Å². The van der Waals surface area contributed by atoms with Crippen LogP contribution in [0.4, 0.5) is 5.00 Å². The second kappa shape index (κ2) is 5.72. The highest BCUT2D eigenvalue weighted by Crippen LogP contribution is 2.43. The van der Waals surface area contributed by atoms with Crippen molar-refractivity contribution in [2.45, 2.75) is 33.2 Å². The highest BCUT2D eigenvalue weighted by atomic mass is 32.1. The molecule has 1 atom stereocenters. The average Bonchev–Trinajstić information content (AvgIpc) is 3.23. The van der Waals surface area contributed by atoms with Crippen LogP contribution < -0.4 is 4.90 Å². The minimum Gasteiger partial charge on any atom is -0.303 e. The number of rotatable bonds is 3. The van der Waals surface area contributed by atoms with Gasteiger partial charge in [0.25, 0.3) is 0 Å². The number of likely N-dealkylation sites (tertiary alicyclic amines) is 1. The SMILES string of the molecule is Cc1ccc(CN2CC[C@@]3(CC(=O)N(c4ccc(C)s4)C3)C2)s1. The van der Waals surface area contributed by atoms with Gasteiger partial charge in [0.2, 0.25) is 5.91 Å². The zero-order chi connectivity index (χ0) is 16.0. The summed E-state index contributed by atoms with van der Waals surface area (Å²) < 4.78 is 0. The molecule has 0 bridgehead atoms. The lowest BCUT2D eigenvalue weighted by Crippen LogP contribution is -2.30. The van der Waals surface area contributed by atoms with Crippen LogP contribution in [0.15, 0.2) is 24.3 Å². The van der Waals surface area contributed by atoms with Crippen LogP contribution in [0.3, 0.4) is 0 Å². The zero-order valence-electron chi connectivity index (χ0n) is 13.7. The molecule has 0 radical (unpaired) electrons. The van der Waals surface area contributed by atoms with E-state index < -0.39 is 0 Å². The monoisotopic (exact) mass is 346 g/mol. The van der Waals surface area contributed by atoms with E-state index in [0.29, 0.717) is 12.3 Å². The Balaban J connectivity index is 1.45. The van der Waals surface area contributed by atoms with E-state index in [9.17, 15) is 4.79 Å². The van der Waals surface area contributed by atoms with Crippen LogP contribution in [0.25, 0.3) is 0 Å². The molecule has 2 aliphatic rings. The maximum absolute atomic E-state index is 12.5. The van der Waals surface area contributed by atoms with E-state index in [1.54, 1.807) is 11.3 Å². The van der Waals surface area contributed by atoms with Gasteiger partial charge in [-0.2, -0.15) is 0 Å². The first-order valence-electron chi connectivity index (χ1n) is 8.18. The maximum atomic E-state index is 12.5. The van der Waals surface area contributed by atoms with Crippen LogP contribution in [-0.2, 0) is 11.3 Å². The lowest BCUT2D eigenvalue weighted by atomic mass is 9.86. The molecule has 0 aromatic carbocycles. The largest absolute Gasteiger partial charge is 0.303 e. The Morgan fingerprint density at radius 3 is 2.57 bits per heavy atom. The smallest absolute Gasteiger partial charge is 0.228 e. The fraction of sp³-hybridized carbons (Fsp3) is 0.500. The Kier molecular flexibility index (Phi) is 3.82. The fourth-order valence-electron chi connectivity index (χ4n) is 3.89. The third-order valence-electron chi connectivity index (χ3n) is 5.01. The molecule has 5 heteroatoms. The van der Waals surface area contributed by atoms with Gasteiger partial charge in [-0.1, -0.05) is 0 Å². The molecule has 4 rings (SSSR count). The van der Waals surface area contributed by atoms with Crippen molar-refractivity contribution in [3.63, 3.8) is 0 Å². The summed E-state index contributed by atoms with van der Waals surface area (Å²) in [6.45, 7) is 8.36. The van der Waals surface area contributed by atoms with Crippen molar-refractivity contribution in [1.82, 2.24) is 4.90 Å². The maximum Gasteiger partial charge on any atom is 0.228 e. The number of carbonyl (C=O) groups excluding carboxylic acids is 1. The molecule has 122 valence electrons. The molecule has 2 saturated heterocycles. The first kappa shape index (κ1) is 15.4. The van der Waals surface area contributed by atoms with E-state index in [1.165, 1.54) is 14.6 Å². The summed E-state index contributed by atoms with van der Waals surface area (Å²) in [6.07, 6.45) is 1.86. The molecule has 0 N–H and O–H groups in total. The molecular formula is C18H22N2OS2. The zero-order valence-corrected chi connectivity index (χ0v) is 15.3. The highest BCUT2D eigenvalue weighted by Gasteiger charge is 2.47. The van der Waals surface area contributed by atoms with Crippen LogP contribution in [0.2, 0.25) is 0 Å². The lowest BCUT2D eigenvalue weighted by molar-refractivity contribution is -0.117. The van der Waals surface area contributed by atoms with Crippen molar-refractivity contribution in [2.75, 3.05) is 24.5 Å². The highest BCUT2D eigenvalue weighted by molar-refractivity contribution is 7.16. The summed E-state index contributed by atoms with van der Waals surface area (Å²) in [6, 6.07) is 8.65. The van der Waals surface area contributed by atoms with Crippen molar-refractivity contribution in [2.24, 2.45) is 5.41 Å². The summed E-state index contributed by atoms with van der Waals surface area (Å²) in [5.74, 6) is 0.306. The van der Waals surface area contributed by atoms with E-state index in [4.69, 9.17) is 0 Å². The Bertz CT molecular complexity index is 735. The molecule has 0 unspecified atom stereocenters. The molecule has 2 aliphatic heterocycles. The third-order valence-corrected chi connectivity index (χ3v) is 7.01. The van der Waals surface area contributed by atoms with E-state index in [1.807, 2.05) is 16.2 Å². The molecule has 23 heavy (non-hydrogen) atoms. The summed E-state index contributed by atoms with van der Waals surface area (Å²) in [4.78, 5) is 21.2. The molecule has 2 fully saturated rings. The van der Waals surface area contributed by atoms with Gasteiger partial charge in [-0.05, 0) is 51.1 Å². The molecule has 1 spiro atoms.